The lowest BCUT2D eigenvalue weighted by atomic mass is 9.91. The summed E-state index contributed by atoms with van der Waals surface area (Å²) < 4.78 is 22.4. The molecule has 0 aromatic rings. The lowest BCUT2D eigenvalue weighted by Gasteiger charge is -2.34. The molecule has 2 saturated carbocycles. The van der Waals surface area contributed by atoms with Gasteiger partial charge in [0.15, 0.2) is 0 Å². The van der Waals surface area contributed by atoms with Gasteiger partial charge < -0.3 is 5.32 Å². The highest BCUT2D eigenvalue weighted by Crippen LogP contribution is 2.45. The quantitative estimate of drug-likeness (QED) is 0.821. The summed E-state index contributed by atoms with van der Waals surface area (Å²) in [5.74, 6) is 2.06. The van der Waals surface area contributed by atoms with Gasteiger partial charge in [-0.05, 0) is 51.4 Å². The molecule has 0 aromatic carbocycles. The molecule has 17 heavy (non-hydrogen) atoms. The maximum absolute atomic E-state index is 11.2. The van der Waals surface area contributed by atoms with Crippen LogP contribution in [0.5, 0.6) is 0 Å². The van der Waals surface area contributed by atoms with E-state index in [2.05, 4.69) is 19.2 Å². The third-order valence-electron chi connectivity index (χ3n) is 4.41. The van der Waals surface area contributed by atoms with E-state index in [1.54, 1.807) is 0 Å². The Morgan fingerprint density at radius 1 is 1.24 bits per heavy atom. The van der Waals surface area contributed by atoms with Crippen LogP contribution in [0, 0.1) is 11.8 Å². The number of rotatable bonds is 5. The Kier molecular flexibility index (Phi) is 3.56. The van der Waals surface area contributed by atoms with Crippen LogP contribution in [0.4, 0.5) is 0 Å². The van der Waals surface area contributed by atoms with E-state index in [0.717, 1.165) is 11.8 Å². The van der Waals surface area contributed by atoms with Crippen LogP contribution >= 0.6 is 0 Å². The van der Waals surface area contributed by atoms with Crippen molar-refractivity contribution in [1.29, 1.82) is 0 Å². The first-order valence-corrected chi connectivity index (χ1v) is 8.77. The number of hydrogen-bond acceptors (Lipinski definition) is 3. The highest BCUT2D eigenvalue weighted by Gasteiger charge is 2.41. The van der Waals surface area contributed by atoms with Crippen LogP contribution in [0.25, 0.3) is 0 Å². The van der Waals surface area contributed by atoms with Crippen molar-refractivity contribution < 1.29 is 8.42 Å². The molecule has 3 atom stereocenters. The topological polar surface area (TPSA) is 46.2 Å². The fraction of sp³-hybridized carbons (Fsp3) is 1.00. The van der Waals surface area contributed by atoms with E-state index in [-0.39, 0.29) is 11.3 Å². The van der Waals surface area contributed by atoms with Crippen molar-refractivity contribution in [2.24, 2.45) is 11.8 Å². The standard InChI is InChI=1S/C13H25NO2S/c1-13(2,6-7-17(3,15)16)14-12-9-10-4-5-11(12)8-10/h10-12,14H,4-9H2,1-3H3/t10-,11-,12+/m0/s1. The van der Waals surface area contributed by atoms with Crippen molar-refractivity contribution in [3.8, 4) is 0 Å². The Labute approximate surface area is 105 Å². The lowest BCUT2D eigenvalue weighted by molar-refractivity contribution is 0.260. The fourth-order valence-electron chi connectivity index (χ4n) is 3.44. The molecule has 1 N–H and O–H groups in total. The van der Waals surface area contributed by atoms with Gasteiger partial charge in [-0.25, -0.2) is 8.42 Å². The molecule has 0 spiro atoms. The summed E-state index contributed by atoms with van der Waals surface area (Å²) in [7, 11) is -2.84. The van der Waals surface area contributed by atoms with Gasteiger partial charge in [-0.15, -0.1) is 0 Å². The zero-order chi connectivity index (χ0) is 12.7. The van der Waals surface area contributed by atoms with Gasteiger partial charge in [-0.2, -0.15) is 0 Å². The van der Waals surface area contributed by atoms with Crippen LogP contribution in [0.2, 0.25) is 0 Å². The van der Waals surface area contributed by atoms with Gasteiger partial charge in [-0.3, -0.25) is 0 Å². The zero-order valence-electron chi connectivity index (χ0n) is 11.2. The van der Waals surface area contributed by atoms with E-state index in [0.29, 0.717) is 12.5 Å². The van der Waals surface area contributed by atoms with Gasteiger partial charge >= 0.3 is 0 Å². The molecule has 2 fully saturated rings. The summed E-state index contributed by atoms with van der Waals surface area (Å²) in [4.78, 5) is 0. The van der Waals surface area contributed by atoms with Crippen LogP contribution in [-0.2, 0) is 9.84 Å². The monoisotopic (exact) mass is 259 g/mol. The maximum atomic E-state index is 11.2. The molecular weight excluding hydrogens is 234 g/mol. The van der Waals surface area contributed by atoms with Crippen LogP contribution in [0.3, 0.4) is 0 Å². The summed E-state index contributed by atoms with van der Waals surface area (Å²) in [6, 6.07) is 0.628. The molecule has 2 bridgehead atoms. The van der Waals surface area contributed by atoms with Crippen molar-refractivity contribution in [3.63, 3.8) is 0 Å². The van der Waals surface area contributed by atoms with Gasteiger partial charge in [0.05, 0.1) is 5.75 Å². The van der Waals surface area contributed by atoms with Gasteiger partial charge in [-0.1, -0.05) is 6.42 Å². The third kappa shape index (κ3) is 3.68. The van der Waals surface area contributed by atoms with Crippen molar-refractivity contribution in [1.82, 2.24) is 5.32 Å². The second-order valence-electron chi connectivity index (χ2n) is 6.69. The van der Waals surface area contributed by atoms with Crippen molar-refractivity contribution in [3.05, 3.63) is 0 Å². The Balaban J connectivity index is 1.85. The predicted molar refractivity (Wildman–Crippen MR) is 70.8 cm³/mol. The first-order chi connectivity index (χ1) is 7.75. The molecule has 3 nitrogen and oxygen atoms in total. The maximum Gasteiger partial charge on any atom is 0.147 e. The average molecular weight is 259 g/mol. The molecule has 0 aliphatic heterocycles. The molecule has 2 aliphatic rings. The molecule has 0 unspecified atom stereocenters. The molecular formula is C13H25NO2S. The predicted octanol–water partition coefficient (Wildman–Crippen LogP) is 1.98. The van der Waals surface area contributed by atoms with E-state index in [1.807, 2.05) is 0 Å². The normalized spacial score (nSPS) is 33.2. The van der Waals surface area contributed by atoms with Crippen molar-refractivity contribution >= 4 is 9.84 Å². The van der Waals surface area contributed by atoms with Crippen LogP contribution in [0.1, 0.15) is 46.0 Å². The minimum atomic E-state index is -2.84. The second kappa shape index (κ2) is 4.54. The average Bonchev–Trinajstić information content (AvgIpc) is 2.74. The van der Waals surface area contributed by atoms with E-state index in [9.17, 15) is 8.42 Å². The minimum absolute atomic E-state index is 0.0573. The number of fused-ring (bicyclic) bond motifs is 2. The number of nitrogens with one attached hydrogen (secondary N) is 1. The molecule has 0 heterocycles. The first-order valence-electron chi connectivity index (χ1n) is 6.71. The van der Waals surface area contributed by atoms with E-state index < -0.39 is 9.84 Å². The van der Waals surface area contributed by atoms with Crippen LogP contribution in [-0.4, -0.2) is 32.0 Å². The summed E-state index contributed by atoms with van der Waals surface area (Å²) in [5, 5.41) is 3.69. The van der Waals surface area contributed by atoms with Crippen LogP contribution in [0.15, 0.2) is 0 Å². The largest absolute Gasteiger partial charge is 0.309 e. The molecule has 4 heteroatoms. The second-order valence-corrected chi connectivity index (χ2v) is 8.95. The third-order valence-corrected chi connectivity index (χ3v) is 5.36. The molecule has 2 rings (SSSR count). The highest BCUT2D eigenvalue weighted by molar-refractivity contribution is 7.90. The van der Waals surface area contributed by atoms with Gasteiger partial charge in [0.1, 0.15) is 9.84 Å². The summed E-state index contributed by atoms with van der Waals surface area (Å²) in [6.07, 6.45) is 7.49. The molecule has 0 saturated heterocycles. The van der Waals surface area contributed by atoms with E-state index >= 15 is 0 Å². The van der Waals surface area contributed by atoms with Gasteiger partial charge in [0.2, 0.25) is 0 Å². The summed E-state index contributed by atoms with van der Waals surface area (Å²) in [6.45, 7) is 4.26. The molecule has 0 aromatic heterocycles. The fourth-order valence-corrected chi connectivity index (χ4v) is 4.32. The molecule has 0 radical (unpaired) electrons. The Morgan fingerprint density at radius 2 is 1.94 bits per heavy atom. The Bertz CT molecular complexity index is 375. The Hall–Kier alpha value is -0.0900. The molecule has 0 amide bonds. The highest BCUT2D eigenvalue weighted by atomic mass is 32.2. The lowest BCUT2D eigenvalue weighted by Crippen LogP contribution is -2.48. The smallest absolute Gasteiger partial charge is 0.147 e. The summed E-state index contributed by atoms with van der Waals surface area (Å²) >= 11 is 0. The zero-order valence-corrected chi connectivity index (χ0v) is 12.0. The van der Waals surface area contributed by atoms with E-state index in [1.165, 1.54) is 31.9 Å². The van der Waals surface area contributed by atoms with Crippen molar-refractivity contribution in [2.45, 2.75) is 57.5 Å². The summed E-state index contributed by atoms with van der Waals surface area (Å²) in [5.41, 5.74) is -0.0573. The SMILES string of the molecule is CC(C)(CCS(C)(=O)=O)N[C@@H]1C[C@H]2CC[C@H]1C2. The van der Waals surface area contributed by atoms with Gasteiger partial charge in [0, 0.05) is 17.8 Å². The molecule has 2 aliphatic carbocycles. The number of sulfone groups is 1. The van der Waals surface area contributed by atoms with E-state index in [4.69, 9.17) is 0 Å². The minimum Gasteiger partial charge on any atom is -0.309 e. The number of hydrogen-bond donors (Lipinski definition) is 1. The van der Waals surface area contributed by atoms with Gasteiger partial charge in [0.25, 0.3) is 0 Å². The van der Waals surface area contributed by atoms with Crippen molar-refractivity contribution in [2.75, 3.05) is 12.0 Å². The Morgan fingerprint density at radius 3 is 2.41 bits per heavy atom. The van der Waals surface area contributed by atoms with Crippen LogP contribution < -0.4 is 5.32 Å². The molecule has 100 valence electrons. The first kappa shape index (κ1) is 13.3.